The molecule has 0 aliphatic heterocycles. The summed E-state index contributed by atoms with van der Waals surface area (Å²) < 4.78 is 19.2. The van der Waals surface area contributed by atoms with Crippen molar-refractivity contribution in [3.8, 4) is 5.75 Å². The van der Waals surface area contributed by atoms with E-state index in [2.05, 4.69) is 10.3 Å². The SMILES string of the molecule is CC(C)(C)C(COc1ccccc1F)NC(=O)c1cc[nH]c(=O)c1. The number of benzene rings is 1. The number of hydrogen-bond donors (Lipinski definition) is 2. The lowest BCUT2D eigenvalue weighted by Gasteiger charge is -2.31. The van der Waals surface area contributed by atoms with Gasteiger partial charge < -0.3 is 15.0 Å². The monoisotopic (exact) mass is 332 g/mol. The molecule has 1 aromatic heterocycles. The Morgan fingerprint density at radius 3 is 2.62 bits per heavy atom. The molecule has 1 amide bonds. The van der Waals surface area contributed by atoms with Gasteiger partial charge in [-0.05, 0) is 23.6 Å². The maximum absolute atomic E-state index is 13.7. The molecule has 0 bridgehead atoms. The third-order valence-corrected chi connectivity index (χ3v) is 3.63. The summed E-state index contributed by atoms with van der Waals surface area (Å²) in [6.07, 6.45) is 1.42. The van der Waals surface area contributed by atoms with Gasteiger partial charge in [0.1, 0.15) is 6.61 Å². The minimum absolute atomic E-state index is 0.110. The van der Waals surface area contributed by atoms with Crippen LogP contribution in [0.5, 0.6) is 5.75 Å². The maximum atomic E-state index is 13.7. The van der Waals surface area contributed by atoms with Gasteiger partial charge in [0.25, 0.3) is 5.91 Å². The summed E-state index contributed by atoms with van der Waals surface area (Å²) in [6.45, 7) is 5.95. The first-order chi connectivity index (χ1) is 11.3. The number of aromatic nitrogens is 1. The molecule has 0 spiro atoms. The zero-order chi connectivity index (χ0) is 17.7. The van der Waals surface area contributed by atoms with Crippen LogP contribution in [0.4, 0.5) is 4.39 Å². The number of hydrogen-bond acceptors (Lipinski definition) is 3. The minimum atomic E-state index is -0.453. The van der Waals surface area contributed by atoms with Gasteiger partial charge in [0, 0.05) is 17.8 Å². The lowest BCUT2D eigenvalue weighted by molar-refractivity contribution is 0.0860. The Hall–Kier alpha value is -2.63. The number of amides is 1. The largest absolute Gasteiger partial charge is 0.488 e. The third kappa shape index (κ3) is 4.68. The van der Waals surface area contributed by atoms with E-state index in [1.165, 1.54) is 30.5 Å². The van der Waals surface area contributed by atoms with E-state index in [-0.39, 0.29) is 40.8 Å². The number of halogens is 1. The Morgan fingerprint density at radius 1 is 1.29 bits per heavy atom. The number of para-hydroxylation sites is 1. The molecule has 24 heavy (non-hydrogen) atoms. The second kappa shape index (κ2) is 7.29. The minimum Gasteiger partial charge on any atom is -0.488 e. The first-order valence-corrected chi connectivity index (χ1v) is 7.64. The average Bonchev–Trinajstić information content (AvgIpc) is 2.51. The van der Waals surface area contributed by atoms with Gasteiger partial charge in [-0.3, -0.25) is 9.59 Å². The number of pyridine rings is 1. The van der Waals surface area contributed by atoms with Crippen molar-refractivity contribution in [3.05, 3.63) is 64.3 Å². The van der Waals surface area contributed by atoms with Gasteiger partial charge in [-0.15, -0.1) is 0 Å². The summed E-state index contributed by atoms with van der Waals surface area (Å²) in [5, 5.41) is 2.85. The summed E-state index contributed by atoms with van der Waals surface area (Å²) in [7, 11) is 0. The quantitative estimate of drug-likeness (QED) is 0.884. The fourth-order valence-electron chi connectivity index (χ4n) is 2.07. The van der Waals surface area contributed by atoms with E-state index in [0.29, 0.717) is 0 Å². The van der Waals surface area contributed by atoms with Gasteiger partial charge >= 0.3 is 0 Å². The first kappa shape index (κ1) is 17.7. The molecule has 2 N–H and O–H groups in total. The Balaban J connectivity index is 2.10. The summed E-state index contributed by atoms with van der Waals surface area (Å²) in [5.74, 6) is -0.693. The van der Waals surface area contributed by atoms with Gasteiger partial charge in [-0.1, -0.05) is 32.9 Å². The lowest BCUT2D eigenvalue weighted by atomic mass is 9.87. The molecule has 0 fully saturated rings. The maximum Gasteiger partial charge on any atom is 0.251 e. The van der Waals surface area contributed by atoms with Gasteiger partial charge in [0.2, 0.25) is 5.56 Å². The van der Waals surface area contributed by atoms with Crippen LogP contribution in [0.15, 0.2) is 47.4 Å². The molecule has 2 aromatic rings. The van der Waals surface area contributed by atoms with Crippen LogP contribution in [0.2, 0.25) is 0 Å². The fourth-order valence-corrected chi connectivity index (χ4v) is 2.07. The van der Waals surface area contributed by atoms with Crippen molar-refractivity contribution in [2.24, 2.45) is 5.41 Å². The van der Waals surface area contributed by atoms with E-state index in [1.54, 1.807) is 12.1 Å². The molecule has 6 heteroatoms. The van der Waals surface area contributed by atoms with Crippen LogP contribution < -0.4 is 15.6 Å². The fraction of sp³-hybridized carbons (Fsp3) is 0.333. The van der Waals surface area contributed by atoms with Crippen molar-refractivity contribution in [3.63, 3.8) is 0 Å². The Kier molecular flexibility index (Phi) is 5.39. The van der Waals surface area contributed by atoms with Crippen LogP contribution in [0.1, 0.15) is 31.1 Å². The number of ether oxygens (including phenoxy) is 1. The first-order valence-electron chi connectivity index (χ1n) is 7.64. The van der Waals surface area contributed by atoms with Crippen molar-refractivity contribution in [2.75, 3.05) is 6.61 Å². The molecule has 2 rings (SSSR count). The highest BCUT2D eigenvalue weighted by Gasteiger charge is 2.27. The van der Waals surface area contributed by atoms with Crippen LogP contribution in [0.3, 0.4) is 0 Å². The molecule has 1 atom stereocenters. The van der Waals surface area contributed by atoms with E-state index in [1.807, 2.05) is 20.8 Å². The van der Waals surface area contributed by atoms with Crippen LogP contribution >= 0.6 is 0 Å². The number of rotatable bonds is 5. The molecule has 1 unspecified atom stereocenters. The summed E-state index contributed by atoms with van der Waals surface area (Å²) >= 11 is 0. The summed E-state index contributed by atoms with van der Waals surface area (Å²) in [6, 6.07) is 8.49. The number of aromatic amines is 1. The van der Waals surface area contributed by atoms with Gasteiger partial charge in [-0.2, -0.15) is 0 Å². The standard InChI is InChI=1S/C18H21FN2O3/c1-18(2,3)15(11-24-14-7-5-4-6-13(14)19)21-17(23)12-8-9-20-16(22)10-12/h4-10,15H,11H2,1-3H3,(H,20,22)(H,21,23). The second-order valence-electron chi connectivity index (χ2n) is 6.58. The van der Waals surface area contributed by atoms with E-state index < -0.39 is 5.82 Å². The predicted octanol–water partition coefficient (Wildman–Crippen LogP) is 2.74. The van der Waals surface area contributed by atoms with Crippen molar-refractivity contribution in [1.82, 2.24) is 10.3 Å². The summed E-state index contributed by atoms with van der Waals surface area (Å²) in [4.78, 5) is 26.1. The predicted molar refractivity (Wildman–Crippen MR) is 89.7 cm³/mol. The Labute approximate surface area is 139 Å². The zero-order valence-electron chi connectivity index (χ0n) is 13.9. The molecule has 0 aliphatic carbocycles. The van der Waals surface area contributed by atoms with Crippen molar-refractivity contribution in [1.29, 1.82) is 0 Å². The molecular formula is C18H21FN2O3. The van der Waals surface area contributed by atoms with E-state index >= 15 is 0 Å². The average molecular weight is 332 g/mol. The van der Waals surface area contributed by atoms with Crippen molar-refractivity contribution in [2.45, 2.75) is 26.8 Å². The van der Waals surface area contributed by atoms with E-state index in [4.69, 9.17) is 4.74 Å². The molecule has 1 heterocycles. The molecule has 1 aromatic carbocycles. The van der Waals surface area contributed by atoms with Crippen molar-refractivity contribution >= 4 is 5.91 Å². The van der Waals surface area contributed by atoms with Crippen LogP contribution in [0.25, 0.3) is 0 Å². The number of H-pyrrole nitrogens is 1. The zero-order valence-corrected chi connectivity index (χ0v) is 13.9. The van der Waals surface area contributed by atoms with Crippen LogP contribution in [-0.4, -0.2) is 23.5 Å². The molecule has 0 saturated heterocycles. The second-order valence-corrected chi connectivity index (χ2v) is 6.58. The molecule has 0 aliphatic rings. The number of carbonyl (C=O) groups excluding carboxylic acids is 1. The number of carbonyl (C=O) groups is 1. The van der Waals surface area contributed by atoms with Crippen LogP contribution in [0, 0.1) is 11.2 Å². The number of nitrogens with one attached hydrogen (secondary N) is 2. The highest BCUT2D eigenvalue weighted by molar-refractivity contribution is 5.94. The highest BCUT2D eigenvalue weighted by Crippen LogP contribution is 2.22. The van der Waals surface area contributed by atoms with E-state index in [9.17, 15) is 14.0 Å². The van der Waals surface area contributed by atoms with Crippen LogP contribution in [-0.2, 0) is 0 Å². The van der Waals surface area contributed by atoms with Gasteiger partial charge in [0.05, 0.1) is 6.04 Å². The molecule has 5 nitrogen and oxygen atoms in total. The Bertz CT molecular complexity index is 765. The lowest BCUT2D eigenvalue weighted by Crippen LogP contribution is -2.47. The molecule has 0 saturated carbocycles. The normalized spacial score (nSPS) is 12.5. The molecular weight excluding hydrogens is 311 g/mol. The smallest absolute Gasteiger partial charge is 0.251 e. The van der Waals surface area contributed by atoms with E-state index in [0.717, 1.165) is 0 Å². The Morgan fingerprint density at radius 2 is 2.00 bits per heavy atom. The topological polar surface area (TPSA) is 71.2 Å². The summed E-state index contributed by atoms with van der Waals surface area (Å²) in [5.41, 5.74) is -0.404. The molecule has 0 radical (unpaired) electrons. The third-order valence-electron chi connectivity index (χ3n) is 3.63. The molecule has 128 valence electrons. The van der Waals surface area contributed by atoms with Crippen molar-refractivity contribution < 1.29 is 13.9 Å². The van der Waals surface area contributed by atoms with Gasteiger partial charge in [-0.25, -0.2) is 4.39 Å². The van der Waals surface area contributed by atoms with Gasteiger partial charge in [0.15, 0.2) is 11.6 Å². The highest BCUT2D eigenvalue weighted by atomic mass is 19.1.